The molecule has 0 fully saturated rings. The van der Waals surface area contributed by atoms with Gasteiger partial charge in [0, 0.05) is 43.9 Å². The summed E-state index contributed by atoms with van der Waals surface area (Å²) >= 11 is 0. The van der Waals surface area contributed by atoms with Crippen molar-refractivity contribution in [3.8, 4) is 0 Å². The van der Waals surface area contributed by atoms with E-state index in [2.05, 4.69) is 109 Å². The van der Waals surface area contributed by atoms with E-state index in [1.165, 1.54) is 39.1 Å². The van der Waals surface area contributed by atoms with Gasteiger partial charge in [-0.1, -0.05) is 48.5 Å². The summed E-state index contributed by atoms with van der Waals surface area (Å²) < 4.78 is 2.31. The van der Waals surface area contributed by atoms with E-state index in [1.54, 1.807) is 12.1 Å². The highest BCUT2D eigenvalue weighted by molar-refractivity contribution is 6.09. The van der Waals surface area contributed by atoms with Crippen LogP contribution in [0, 0.1) is 10.1 Å². The van der Waals surface area contributed by atoms with Crippen LogP contribution in [-0.4, -0.2) is 36.4 Å². The quantitative estimate of drug-likeness (QED) is 0.189. The van der Waals surface area contributed by atoms with Crippen molar-refractivity contribution in [3.63, 3.8) is 0 Å². The first kappa shape index (κ1) is 23.0. The highest BCUT2D eigenvalue weighted by Crippen LogP contribution is 2.47. The van der Waals surface area contributed by atoms with Gasteiger partial charge in [-0.3, -0.25) is 10.1 Å². The van der Waals surface area contributed by atoms with Crippen LogP contribution >= 0.6 is 0 Å². The first-order chi connectivity index (χ1) is 17.8. The predicted molar refractivity (Wildman–Crippen MR) is 150 cm³/mol. The smallest absolute Gasteiger partial charge is 0.269 e. The molecule has 4 aromatic rings. The fraction of sp³-hybridized carbons (Fsp3) is 0.194. The Morgan fingerprint density at radius 3 is 2.16 bits per heavy atom. The Kier molecular flexibility index (Phi) is 5.16. The van der Waals surface area contributed by atoms with E-state index in [4.69, 9.17) is 0 Å². The summed E-state index contributed by atoms with van der Waals surface area (Å²) in [6.07, 6.45) is 3.02. The Labute approximate surface area is 216 Å². The Morgan fingerprint density at radius 2 is 1.51 bits per heavy atom. The van der Waals surface area contributed by atoms with Crippen LogP contribution in [0.1, 0.15) is 18.1 Å². The average Bonchev–Trinajstić information content (AvgIpc) is 3.27. The minimum Gasteiger partial charge on any atom is -0.329 e. The minimum atomic E-state index is -0.357. The SMILES string of the molecule is CN1C(=CC2=[N+](C)c3ccc4ccccc4c3C2(C)Cc2ccc([N+](=O)[O-])cc2)N(C)c2ccccc21. The zero-order chi connectivity index (χ0) is 25.9. The summed E-state index contributed by atoms with van der Waals surface area (Å²) in [4.78, 5) is 15.4. The highest BCUT2D eigenvalue weighted by Gasteiger charge is 2.48. The lowest BCUT2D eigenvalue weighted by atomic mass is 9.73. The van der Waals surface area contributed by atoms with Crippen LogP contribution in [-0.2, 0) is 11.8 Å². The number of hydrogen-bond acceptors (Lipinski definition) is 4. The maximum absolute atomic E-state index is 11.3. The molecule has 2 aliphatic heterocycles. The Bertz CT molecular complexity index is 1610. The molecular formula is C31H29N4O2+. The third kappa shape index (κ3) is 3.44. The van der Waals surface area contributed by atoms with Crippen LogP contribution < -0.4 is 9.80 Å². The lowest BCUT2D eigenvalue weighted by Gasteiger charge is -2.26. The predicted octanol–water partition coefficient (Wildman–Crippen LogP) is 6.40. The molecule has 0 bridgehead atoms. The van der Waals surface area contributed by atoms with Crippen LogP contribution in [0.5, 0.6) is 0 Å². The van der Waals surface area contributed by atoms with Crippen molar-refractivity contribution in [2.24, 2.45) is 0 Å². The van der Waals surface area contributed by atoms with E-state index in [9.17, 15) is 10.1 Å². The third-order valence-electron chi connectivity index (χ3n) is 8.01. The monoisotopic (exact) mass is 489 g/mol. The Hall–Kier alpha value is -4.45. The minimum absolute atomic E-state index is 0.113. The molecule has 37 heavy (non-hydrogen) atoms. The number of nitro benzene ring substituents is 1. The standard InChI is InChI=1S/C31H29N4O2/c1-31(20-21-13-16-23(17-14-21)35(36)37)28(19-29-33(3)25-11-7-8-12-26(25)34(29)4)32(2)27-18-15-22-9-5-6-10-24(22)30(27)31/h5-19H,20H2,1-4H3/q+1. The number of fused-ring (bicyclic) bond motifs is 4. The topological polar surface area (TPSA) is 52.6 Å². The number of rotatable bonds is 4. The highest BCUT2D eigenvalue weighted by atomic mass is 16.6. The first-order valence-electron chi connectivity index (χ1n) is 12.4. The first-order valence-corrected chi connectivity index (χ1v) is 12.4. The maximum Gasteiger partial charge on any atom is 0.269 e. The average molecular weight is 490 g/mol. The second-order valence-corrected chi connectivity index (χ2v) is 10.2. The van der Waals surface area contributed by atoms with Crippen LogP contribution in [0.2, 0.25) is 0 Å². The van der Waals surface area contributed by atoms with Gasteiger partial charge in [-0.2, -0.15) is 4.58 Å². The second kappa shape index (κ2) is 8.30. The number of benzene rings is 4. The molecule has 2 heterocycles. The zero-order valence-corrected chi connectivity index (χ0v) is 21.5. The fourth-order valence-corrected chi connectivity index (χ4v) is 6.15. The van der Waals surface area contributed by atoms with Crippen LogP contribution in [0.15, 0.2) is 96.8 Å². The molecule has 6 nitrogen and oxygen atoms in total. The molecule has 0 spiro atoms. The molecule has 0 N–H and O–H groups in total. The van der Waals surface area contributed by atoms with E-state index >= 15 is 0 Å². The van der Waals surface area contributed by atoms with Gasteiger partial charge < -0.3 is 9.80 Å². The summed E-state index contributed by atoms with van der Waals surface area (Å²) in [7, 11) is 6.36. The van der Waals surface area contributed by atoms with Gasteiger partial charge in [0.15, 0.2) is 5.71 Å². The zero-order valence-electron chi connectivity index (χ0n) is 21.5. The lowest BCUT2D eigenvalue weighted by Crippen LogP contribution is -2.35. The summed E-state index contributed by atoms with van der Waals surface area (Å²) in [5.74, 6) is 1.11. The van der Waals surface area contributed by atoms with Gasteiger partial charge in [0.05, 0.1) is 21.7 Å². The van der Waals surface area contributed by atoms with Crippen molar-refractivity contribution < 1.29 is 9.50 Å². The Morgan fingerprint density at radius 1 is 0.892 bits per heavy atom. The number of anilines is 2. The number of non-ortho nitro benzene ring substituents is 1. The van der Waals surface area contributed by atoms with Gasteiger partial charge in [0.2, 0.25) is 5.69 Å². The van der Waals surface area contributed by atoms with Crippen molar-refractivity contribution in [1.29, 1.82) is 0 Å². The van der Waals surface area contributed by atoms with E-state index in [-0.39, 0.29) is 16.0 Å². The van der Waals surface area contributed by atoms with Gasteiger partial charge in [-0.05, 0) is 47.9 Å². The number of hydrogen-bond donors (Lipinski definition) is 0. The van der Waals surface area contributed by atoms with Crippen molar-refractivity contribution in [1.82, 2.24) is 0 Å². The molecule has 4 aromatic carbocycles. The van der Waals surface area contributed by atoms with Crippen molar-refractivity contribution >= 4 is 39.2 Å². The molecule has 6 rings (SSSR count). The molecule has 0 radical (unpaired) electrons. The van der Waals surface area contributed by atoms with E-state index in [1.807, 2.05) is 12.1 Å². The van der Waals surface area contributed by atoms with Crippen LogP contribution in [0.25, 0.3) is 10.8 Å². The van der Waals surface area contributed by atoms with E-state index in [0.717, 1.165) is 17.8 Å². The molecule has 1 unspecified atom stereocenters. The van der Waals surface area contributed by atoms with Crippen LogP contribution in [0.4, 0.5) is 22.7 Å². The largest absolute Gasteiger partial charge is 0.329 e. The molecule has 0 aliphatic carbocycles. The number of para-hydroxylation sites is 2. The molecule has 6 heteroatoms. The molecule has 0 saturated heterocycles. The number of nitro groups is 1. The summed E-state index contributed by atoms with van der Waals surface area (Å²) in [5.41, 5.74) is 6.85. The van der Waals surface area contributed by atoms with Gasteiger partial charge >= 0.3 is 0 Å². The van der Waals surface area contributed by atoms with Gasteiger partial charge in [-0.15, -0.1) is 0 Å². The lowest BCUT2D eigenvalue weighted by molar-refractivity contribution is -0.401. The van der Waals surface area contributed by atoms with Crippen molar-refractivity contribution in [2.45, 2.75) is 18.8 Å². The molecular weight excluding hydrogens is 460 g/mol. The molecule has 0 amide bonds. The van der Waals surface area contributed by atoms with Gasteiger partial charge in [-0.25, -0.2) is 0 Å². The summed E-state index contributed by atoms with van der Waals surface area (Å²) in [6, 6.07) is 28.4. The van der Waals surface area contributed by atoms with Crippen molar-refractivity contribution in [2.75, 3.05) is 30.9 Å². The number of nitrogens with zero attached hydrogens (tertiary/aromatic N) is 4. The third-order valence-corrected chi connectivity index (χ3v) is 8.01. The maximum atomic E-state index is 11.3. The van der Waals surface area contributed by atoms with Gasteiger partial charge in [0.25, 0.3) is 5.69 Å². The molecule has 184 valence electrons. The molecule has 1 atom stereocenters. The Balaban J connectivity index is 1.54. The van der Waals surface area contributed by atoms with Crippen LogP contribution in [0.3, 0.4) is 0 Å². The number of allylic oxidation sites excluding steroid dienone is 1. The molecule has 0 saturated carbocycles. The second-order valence-electron chi connectivity index (χ2n) is 10.2. The van der Waals surface area contributed by atoms with E-state index in [0.29, 0.717) is 0 Å². The molecule has 0 aromatic heterocycles. The van der Waals surface area contributed by atoms with Gasteiger partial charge in [0.1, 0.15) is 12.9 Å². The van der Waals surface area contributed by atoms with Crippen molar-refractivity contribution in [3.05, 3.63) is 118 Å². The normalized spacial score (nSPS) is 18.4. The fourth-order valence-electron chi connectivity index (χ4n) is 6.15. The van der Waals surface area contributed by atoms with E-state index < -0.39 is 0 Å². The molecule has 2 aliphatic rings. The summed E-state index contributed by atoms with van der Waals surface area (Å²) in [5, 5.41) is 13.7. The summed E-state index contributed by atoms with van der Waals surface area (Å²) in [6.45, 7) is 2.30.